The molecular weight excluding hydrogens is 439 g/mol. The number of ether oxygens (including phenoxy) is 1. The second-order valence-corrected chi connectivity index (χ2v) is 9.19. The standard InChI is InChI=1S/C30H37FN2O2/c1-6-23(19-22(2)31)28(30(34,17-18-33(3)4)26-15-11-8-12-16-26)27-20-25(21-32-29(27)35-5)24-13-9-7-10-14-24/h6-16,19-21,28-29,32,34H,17-18H2,1-5H3/b22-19+,23-6+. The number of nitrogens with zero attached hydrogens (tertiary/aromatic N) is 1. The van der Waals surface area contributed by atoms with Crippen molar-refractivity contribution in [2.75, 3.05) is 27.7 Å². The van der Waals surface area contributed by atoms with E-state index >= 15 is 0 Å². The quantitative estimate of drug-likeness (QED) is 0.425. The fraction of sp³-hybridized carbons (Fsp3) is 0.333. The normalized spacial score (nSPS) is 19.5. The first kappa shape index (κ1) is 26.6. The van der Waals surface area contributed by atoms with Crippen LogP contribution in [0.5, 0.6) is 0 Å². The minimum Gasteiger partial charge on any atom is -0.384 e. The number of benzene rings is 2. The van der Waals surface area contributed by atoms with Crippen LogP contribution in [-0.2, 0) is 10.3 Å². The highest BCUT2D eigenvalue weighted by Gasteiger charge is 2.44. The molecule has 4 nitrogen and oxygen atoms in total. The summed E-state index contributed by atoms with van der Waals surface area (Å²) in [6.45, 7) is 3.96. The van der Waals surface area contributed by atoms with E-state index in [-0.39, 0.29) is 5.83 Å². The van der Waals surface area contributed by atoms with Gasteiger partial charge in [-0.15, -0.1) is 0 Å². The molecule has 0 saturated heterocycles. The molecule has 5 heteroatoms. The van der Waals surface area contributed by atoms with Gasteiger partial charge < -0.3 is 20.1 Å². The summed E-state index contributed by atoms with van der Waals surface area (Å²) in [5.41, 5.74) is 3.01. The summed E-state index contributed by atoms with van der Waals surface area (Å²) in [4.78, 5) is 2.05. The Morgan fingerprint density at radius 3 is 2.31 bits per heavy atom. The molecule has 0 fully saturated rings. The minimum absolute atomic E-state index is 0.316. The SMILES string of the molecule is C/C=C(\C=C(/C)F)C(C1=CC(c2ccccc2)=CNC1OC)C(O)(CCN(C)C)c1ccccc1. The van der Waals surface area contributed by atoms with Crippen molar-refractivity contribution in [3.05, 3.63) is 113 Å². The van der Waals surface area contributed by atoms with Gasteiger partial charge in [-0.1, -0.05) is 66.7 Å². The van der Waals surface area contributed by atoms with Crippen LogP contribution in [0.3, 0.4) is 0 Å². The Labute approximate surface area is 209 Å². The number of hydrogen-bond donors (Lipinski definition) is 2. The van der Waals surface area contributed by atoms with Crippen LogP contribution in [0.1, 0.15) is 31.4 Å². The number of dihydropyridines is 1. The molecule has 0 radical (unpaired) electrons. The van der Waals surface area contributed by atoms with Gasteiger partial charge in [-0.25, -0.2) is 4.39 Å². The molecule has 3 rings (SSSR count). The van der Waals surface area contributed by atoms with E-state index in [9.17, 15) is 9.50 Å². The summed E-state index contributed by atoms with van der Waals surface area (Å²) in [6, 6.07) is 19.7. The van der Waals surface area contributed by atoms with Crippen LogP contribution >= 0.6 is 0 Å². The molecule has 0 bridgehead atoms. The zero-order valence-corrected chi connectivity index (χ0v) is 21.3. The minimum atomic E-state index is -1.32. The van der Waals surface area contributed by atoms with Crippen molar-refractivity contribution in [1.82, 2.24) is 10.2 Å². The van der Waals surface area contributed by atoms with E-state index in [2.05, 4.69) is 11.4 Å². The van der Waals surface area contributed by atoms with Crippen LogP contribution < -0.4 is 5.32 Å². The van der Waals surface area contributed by atoms with Gasteiger partial charge in [-0.2, -0.15) is 0 Å². The fourth-order valence-electron chi connectivity index (χ4n) is 4.68. The highest BCUT2D eigenvalue weighted by molar-refractivity contribution is 5.76. The zero-order chi connectivity index (χ0) is 25.4. The molecule has 0 aromatic heterocycles. The summed E-state index contributed by atoms with van der Waals surface area (Å²) < 4.78 is 20.2. The van der Waals surface area contributed by atoms with Gasteiger partial charge in [0, 0.05) is 25.8 Å². The van der Waals surface area contributed by atoms with E-state index in [1.165, 1.54) is 13.0 Å². The molecule has 0 aliphatic carbocycles. The van der Waals surface area contributed by atoms with Crippen molar-refractivity contribution in [2.45, 2.75) is 32.1 Å². The highest BCUT2D eigenvalue weighted by Crippen LogP contribution is 2.45. The molecule has 35 heavy (non-hydrogen) atoms. The van der Waals surface area contributed by atoms with Gasteiger partial charge in [0.15, 0.2) is 0 Å². The molecule has 186 valence electrons. The number of halogens is 1. The number of allylic oxidation sites excluding steroid dienone is 5. The van der Waals surface area contributed by atoms with Gasteiger partial charge >= 0.3 is 0 Å². The lowest BCUT2D eigenvalue weighted by Crippen LogP contribution is -2.45. The molecule has 1 aliphatic heterocycles. The fourth-order valence-corrected chi connectivity index (χ4v) is 4.68. The van der Waals surface area contributed by atoms with Gasteiger partial charge in [0.1, 0.15) is 11.8 Å². The van der Waals surface area contributed by atoms with Crippen molar-refractivity contribution >= 4 is 5.57 Å². The lowest BCUT2D eigenvalue weighted by atomic mass is 9.69. The summed E-state index contributed by atoms with van der Waals surface area (Å²) in [6.07, 6.45) is 7.36. The summed E-state index contributed by atoms with van der Waals surface area (Å²) in [7, 11) is 5.60. The average molecular weight is 477 g/mol. The van der Waals surface area contributed by atoms with Crippen LogP contribution in [0.4, 0.5) is 4.39 Å². The molecule has 3 atom stereocenters. The second kappa shape index (κ2) is 12.1. The molecule has 2 N–H and O–H groups in total. The topological polar surface area (TPSA) is 44.7 Å². The van der Waals surface area contributed by atoms with E-state index in [4.69, 9.17) is 4.74 Å². The van der Waals surface area contributed by atoms with Crippen LogP contribution in [0.2, 0.25) is 0 Å². The summed E-state index contributed by atoms with van der Waals surface area (Å²) in [5.74, 6) is -0.881. The van der Waals surface area contributed by atoms with Crippen molar-refractivity contribution in [1.29, 1.82) is 0 Å². The average Bonchev–Trinajstić information content (AvgIpc) is 2.87. The largest absolute Gasteiger partial charge is 0.384 e. The number of aliphatic hydroxyl groups is 1. The smallest absolute Gasteiger partial charge is 0.150 e. The Hall–Kier alpha value is -2.99. The third kappa shape index (κ3) is 6.37. The Balaban J connectivity index is 2.27. The number of rotatable bonds is 10. The summed E-state index contributed by atoms with van der Waals surface area (Å²) >= 11 is 0. The monoisotopic (exact) mass is 476 g/mol. The van der Waals surface area contributed by atoms with Gasteiger partial charge in [0.2, 0.25) is 0 Å². The lowest BCUT2D eigenvalue weighted by Gasteiger charge is -2.42. The van der Waals surface area contributed by atoms with Crippen LogP contribution in [0.25, 0.3) is 5.57 Å². The van der Waals surface area contributed by atoms with E-state index < -0.39 is 17.7 Å². The van der Waals surface area contributed by atoms with Gasteiger partial charge in [0.05, 0.1) is 5.83 Å². The number of nitrogens with one attached hydrogen (secondary N) is 1. The highest BCUT2D eigenvalue weighted by atomic mass is 19.1. The van der Waals surface area contributed by atoms with E-state index in [0.29, 0.717) is 18.5 Å². The Morgan fingerprint density at radius 1 is 1.14 bits per heavy atom. The Bertz CT molecular complexity index is 1090. The molecule has 0 saturated carbocycles. The van der Waals surface area contributed by atoms with E-state index in [1.807, 2.05) is 98.9 Å². The van der Waals surface area contributed by atoms with Crippen LogP contribution in [0, 0.1) is 5.92 Å². The summed E-state index contributed by atoms with van der Waals surface area (Å²) in [5, 5.41) is 15.9. The first-order valence-corrected chi connectivity index (χ1v) is 12.0. The molecule has 2 aromatic rings. The maximum atomic E-state index is 14.3. The Morgan fingerprint density at radius 2 is 1.77 bits per heavy atom. The van der Waals surface area contributed by atoms with E-state index in [1.54, 1.807) is 7.11 Å². The van der Waals surface area contributed by atoms with Crippen LogP contribution in [0.15, 0.2) is 102 Å². The van der Waals surface area contributed by atoms with E-state index in [0.717, 1.165) is 22.3 Å². The van der Waals surface area contributed by atoms with Gasteiger partial charge in [-0.05, 0) is 74.4 Å². The van der Waals surface area contributed by atoms with Gasteiger partial charge in [-0.3, -0.25) is 0 Å². The first-order chi connectivity index (χ1) is 16.8. The van der Waals surface area contributed by atoms with Gasteiger partial charge in [0.25, 0.3) is 0 Å². The molecule has 0 amide bonds. The molecule has 1 aliphatic rings. The predicted octanol–water partition coefficient (Wildman–Crippen LogP) is 5.80. The molecule has 2 aromatic carbocycles. The van der Waals surface area contributed by atoms with Crippen molar-refractivity contribution in [3.8, 4) is 0 Å². The molecule has 1 heterocycles. The van der Waals surface area contributed by atoms with Crippen molar-refractivity contribution in [2.24, 2.45) is 5.92 Å². The molecule has 3 unspecified atom stereocenters. The van der Waals surface area contributed by atoms with Crippen molar-refractivity contribution < 1.29 is 14.2 Å². The Kier molecular flexibility index (Phi) is 9.21. The third-order valence-corrected chi connectivity index (χ3v) is 6.41. The predicted molar refractivity (Wildman–Crippen MR) is 142 cm³/mol. The zero-order valence-electron chi connectivity index (χ0n) is 21.3. The number of methoxy groups -OCH3 is 1. The second-order valence-electron chi connectivity index (χ2n) is 9.19. The number of hydrogen-bond acceptors (Lipinski definition) is 4. The molecular formula is C30H37FN2O2. The maximum absolute atomic E-state index is 14.3. The van der Waals surface area contributed by atoms with Crippen LogP contribution in [-0.4, -0.2) is 44.0 Å². The maximum Gasteiger partial charge on any atom is 0.150 e. The third-order valence-electron chi connectivity index (χ3n) is 6.41. The van der Waals surface area contributed by atoms with Crippen molar-refractivity contribution in [3.63, 3.8) is 0 Å². The lowest BCUT2D eigenvalue weighted by molar-refractivity contribution is -0.0210. The first-order valence-electron chi connectivity index (χ1n) is 12.0. The molecule has 0 spiro atoms.